The van der Waals surface area contributed by atoms with E-state index in [1.165, 1.54) is 6.07 Å². The highest BCUT2D eigenvalue weighted by Crippen LogP contribution is 2.25. The van der Waals surface area contributed by atoms with Gasteiger partial charge in [-0.2, -0.15) is 15.5 Å². The van der Waals surface area contributed by atoms with Crippen molar-refractivity contribution in [2.24, 2.45) is 9.98 Å². The van der Waals surface area contributed by atoms with Gasteiger partial charge in [0.25, 0.3) is 0 Å². The van der Waals surface area contributed by atoms with Crippen molar-refractivity contribution in [3.8, 4) is 23.6 Å². The van der Waals surface area contributed by atoms with E-state index < -0.39 is 0 Å². The summed E-state index contributed by atoms with van der Waals surface area (Å²) in [7, 11) is 3.16. The molecule has 0 radical (unpaired) electrons. The Balaban J connectivity index is 2.22. The van der Waals surface area contributed by atoms with Gasteiger partial charge >= 0.3 is 0 Å². The van der Waals surface area contributed by atoms with Crippen molar-refractivity contribution in [2.45, 2.75) is 6.54 Å². The molecule has 0 N–H and O–H groups in total. The molecule has 6 nitrogen and oxygen atoms in total. The Morgan fingerprint density at radius 3 is 2.50 bits per heavy atom. The Morgan fingerprint density at radius 2 is 1.83 bits per heavy atom. The number of methoxy groups -OCH3 is 2. The van der Waals surface area contributed by atoms with E-state index in [-0.39, 0.29) is 0 Å². The SMILES string of the molecule is COc1ccc(CN=C=Nc2cc(C#N)ccc2C#N)c(OC)c1. The molecule has 2 aromatic carbocycles. The zero-order valence-corrected chi connectivity index (χ0v) is 13.3. The standard InChI is InChI=1S/C18H14N4O2/c1-23-16-6-5-15(18(8-16)24-2)11-21-12-22-17-7-13(9-19)3-4-14(17)10-20/h3-8H,11H2,1-2H3. The van der Waals surface area contributed by atoms with Crippen molar-refractivity contribution < 1.29 is 9.47 Å². The first-order valence-electron chi connectivity index (χ1n) is 6.99. The fourth-order valence-electron chi connectivity index (χ4n) is 1.98. The van der Waals surface area contributed by atoms with Gasteiger partial charge in [-0.3, -0.25) is 0 Å². The molecule has 2 rings (SSSR count). The smallest absolute Gasteiger partial charge is 0.127 e. The summed E-state index contributed by atoms with van der Waals surface area (Å²) in [5, 5.41) is 18.0. The molecule has 0 aliphatic carbocycles. The Hall–Kier alpha value is -3.60. The molecule has 0 unspecified atom stereocenters. The zero-order valence-electron chi connectivity index (χ0n) is 13.3. The van der Waals surface area contributed by atoms with Crippen molar-refractivity contribution in [3.63, 3.8) is 0 Å². The predicted octanol–water partition coefficient (Wildman–Crippen LogP) is 3.45. The van der Waals surface area contributed by atoms with Crippen molar-refractivity contribution in [1.82, 2.24) is 0 Å². The molecule has 6 heteroatoms. The maximum absolute atomic E-state index is 9.05. The van der Waals surface area contributed by atoms with Gasteiger partial charge in [0.15, 0.2) is 0 Å². The number of hydrogen-bond donors (Lipinski definition) is 0. The van der Waals surface area contributed by atoms with Crippen LogP contribution in [0.2, 0.25) is 0 Å². The summed E-state index contributed by atoms with van der Waals surface area (Å²) in [6.07, 6.45) is 0. The molecule has 0 heterocycles. The highest BCUT2D eigenvalue weighted by atomic mass is 16.5. The highest BCUT2D eigenvalue weighted by molar-refractivity contribution is 5.62. The highest BCUT2D eigenvalue weighted by Gasteiger charge is 2.04. The van der Waals surface area contributed by atoms with Gasteiger partial charge in [0, 0.05) is 11.6 Å². The lowest BCUT2D eigenvalue weighted by molar-refractivity contribution is 0.391. The second-order valence-corrected chi connectivity index (χ2v) is 4.66. The quantitative estimate of drug-likeness (QED) is 0.789. The average molecular weight is 318 g/mol. The van der Waals surface area contributed by atoms with Crippen molar-refractivity contribution in [1.29, 1.82) is 10.5 Å². The van der Waals surface area contributed by atoms with Crippen LogP contribution in [0.5, 0.6) is 11.5 Å². The first-order valence-corrected chi connectivity index (χ1v) is 6.99. The third-order valence-electron chi connectivity index (χ3n) is 3.23. The summed E-state index contributed by atoms with van der Waals surface area (Å²) in [6.45, 7) is 0.316. The lowest BCUT2D eigenvalue weighted by atomic mass is 10.1. The fourth-order valence-corrected chi connectivity index (χ4v) is 1.98. The van der Waals surface area contributed by atoms with Crippen LogP contribution >= 0.6 is 0 Å². The predicted molar refractivity (Wildman–Crippen MR) is 88.6 cm³/mol. The first-order chi connectivity index (χ1) is 11.7. The summed E-state index contributed by atoms with van der Waals surface area (Å²) in [4.78, 5) is 8.14. The molecule has 0 saturated carbocycles. The minimum Gasteiger partial charge on any atom is -0.497 e. The van der Waals surface area contributed by atoms with Gasteiger partial charge in [0.05, 0.1) is 49.7 Å². The van der Waals surface area contributed by atoms with Crippen LogP contribution in [0.4, 0.5) is 5.69 Å². The van der Waals surface area contributed by atoms with Gasteiger partial charge in [0.1, 0.15) is 17.6 Å². The number of rotatable bonds is 5. The number of hydrogen-bond acceptors (Lipinski definition) is 6. The zero-order chi connectivity index (χ0) is 17.4. The molecule has 0 spiro atoms. The van der Waals surface area contributed by atoms with Gasteiger partial charge in [-0.25, -0.2) is 4.99 Å². The van der Waals surface area contributed by atoms with Gasteiger partial charge in [-0.05, 0) is 30.3 Å². The minimum absolute atomic E-state index is 0.316. The number of benzene rings is 2. The monoisotopic (exact) mass is 318 g/mol. The maximum Gasteiger partial charge on any atom is 0.127 e. The molecule has 118 valence electrons. The second-order valence-electron chi connectivity index (χ2n) is 4.66. The van der Waals surface area contributed by atoms with E-state index in [0.29, 0.717) is 34.9 Å². The van der Waals surface area contributed by atoms with Gasteiger partial charge in [-0.1, -0.05) is 0 Å². The molecule has 0 aliphatic rings. The number of nitriles is 2. The molecule has 24 heavy (non-hydrogen) atoms. The van der Waals surface area contributed by atoms with E-state index in [2.05, 4.69) is 16.0 Å². The molecular weight excluding hydrogens is 304 g/mol. The molecule has 0 fully saturated rings. The van der Waals surface area contributed by atoms with Crippen LogP contribution in [0.3, 0.4) is 0 Å². The third-order valence-corrected chi connectivity index (χ3v) is 3.23. The van der Waals surface area contributed by atoms with Crippen LogP contribution in [0.15, 0.2) is 46.4 Å². The second kappa shape index (κ2) is 8.14. The summed E-state index contributed by atoms with van der Waals surface area (Å²) in [5.74, 6) is 1.35. The van der Waals surface area contributed by atoms with Crippen LogP contribution in [0, 0.1) is 22.7 Å². The minimum atomic E-state index is 0.316. The summed E-state index contributed by atoms with van der Waals surface area (Å²) >= 11 is 0. The van der Waals surface area contributed by atoms with E-state index in [4.69, 9.17) is 20.0 Å². The van der Waals surface area contributed by atoms with E-state index >= 15 is 0 Å². The number of ether oxygens (including phenoxy) is 2. The molecular formula is C18H14N4O2. The largest absolute Gasteiger partial charge is 0.497 e. The van der Waals surface area contributed by atoms with E-state index in [0.717, 1.165) is 5.56 Å². The maximum atomic E-state index is 9.05. The van der Waals surface area contributed by atoms with Crippen LogP contribution in [-0.2, 0) is 6.54 Å². The van der Waals surface area contributed by atoms with Crippen molar-refractivity contribution >= 4 is 11.7 Å². The molecule has 0 aromatic heterocycles. The fraction of sp³-hybridized carbons (Fsp3) is 0.167. The summed E-state index contributed by atoms with van der Waals surface area (Å²) in [5.41, 5.74) is 2.00. The van der Waals surface area contributed by atoms with Crippen molar-refractivity contribution in [2.75, 3.05) is 14.2 Å². The summed E-state index contributed by atoms with van der Waals surface area (Å²) < 4.78 is 10.4. The average Bonchev–Trinajstić information content (AvgIpc) is 2.64. The van der Waals surface area contributed by atoms with E-state index in [1.807, 2.05) is 24.3 Å². The summed E-state index contributed by atoms with van der Waals surface area (Å²) in [6, 6.07) is 16.6. The molecule has 2 aromatic rings. The van der Waals surface area contributed by atoms with Gasteiger partial charge in [0.2, 0.25) is 0 Å². The normalized spacial score (nSPS) is 9.17. The number of nitrogens with zero attached hydrogens (tertiary/aromatic N) is 4. The van der Waals surface area contributed by atoms with Gasteiger partial charge < -0.3 is 9.47 Å². The van der Waals surface area contributed by atoms with Crippen LogP contribution in [0.1, 0.15) is 16.7 Å². The Kier molecular flexibility index (Phi) is 5.69. The molecule has 0 atom stereocenters. The Morgan fingerprint density at radius 1 is 1.00 bits per heavy atom. The van der Waals surface area contributed by atoms with Crippen LogP contribution < -0.4 is 9.47 Å². The molecule has 0 saturated heterocycles. The Labute approximate surface area is 139 Å². The van der Waals surface area contributed by atoms with Crippen LogP contribution in [-0.4, -0.2) is 20.2 Å². The lowest BCUT2D eigenvalue weighted by Gasteiger charge is -2.07. The van der Waals surface area contributed by atoms with Gasteiger partial charge in [-0.15, -0.1) is 0 Å². The number of aliphatic imine (C=N–C) groups is 2. The topological polar surface area (TPSA) is 90.8 Å². The molecule has 0 amide bonds. The van der Waals surface area contributed by atoms with E-state index in [1.54, 1.807) is 32.4 Å². The molecule has 0 bridgehead atoms. The van der Waals surface area contributed by atoms with E-state index in [9.17, 15) is 0 Å². The molecule has 0 aliphatic heterocycles. The first kappa shape index (κ1) is 16.8. The van der Waals surface area contributed by atoms with Crippen LogP contribution in [0.25, 0.3) is 0 Å². The van der Waals surface area contributed by atoms with Crippen molar-refractivity contribution in [3.05, 3.63) is 53.1 Å². The third kappa shape index (κ3) is 3.98. The lowest BCUT2D eigenvalue weighted by Crippen LogP contribution is -1.92. The Bertz CT molecular complexity index is 885.